The first-order valence-electron chi connectivity index (χ1n) is 10.4. The zero-order valence-corrected chi connectivity index (χ0v) is 17.4. The summed E-state index contributed by atoms with van der Waals surface area (Å²) >= 11 is 0. The molecular formula is C24H24N2O6. The van der Waals surface area contributed by atoms with E-state index in [9.17, 15) is 19.5 Å². The molecule has 2 aromatic rings. The fourth-order valence-corrected chi connectivity index (χ4v) is 4.47. The molecule has 32 heavy (non-hydrogen) atoms. The average molecular weight is 436 g/mol. The van der Waals surface area contributed by atoms with Crippen LogP contribution in [0, 0.1) is 0 Å². The lowest BCUT2D eigenvalue weighted by Gasteiger charge is -2.24. The van der Waals surface area contributed by atoms with Gasteiger partial charge in [-0.2, -0.15) is 0 Å². The highest BCUT2D eigenvalue weighted by molar-refractivity contribution is 5.82. The Morgan fingerprint density at radius 2 is 1.75 bits per heavy atom. The second-order valence-corrected chi connectivity index (χ2v) is 7.75. The molecule has 2 aromatic carbocycles. The predicted molar refractivity (Wildman–Crippen MR) is 116 cm³/mol. The van der Waals surface area contributed by atoms with Crippen molar-refractivity contribution in [3.63, 3.8) is 0 Å². The number of carbonyl (C=O) groups excluding carboxylic acids is 2. The number of rotatable bonds is 8. The number of likely N-dealkylation sites (tertiary alicyclic amines) is 1. The van der Waals surface area contributed by atoms with Gasteiger partial charge in [0.05, 0.1) is 12.6 Å². The van der Waals surface area contributed by atoms with Gasteiger partial charge in [-0.25, -0.2) is 14.7 Å². The molecule has 0 bridgehead atoms. The van der Waals surface area contributed by atoms with E-state index < -0.39 is 24.1 Å². The molecule has 0 aromatic heterocycles. The topological polar surface area (TPSA) is 96.4 Å². The molecule has 1 aliphatic carbocycles. The van der Waals surface area contributed by atoms with E-state index in [1.54, 1.807) is 0 Å². The van der Waals surface area contributed by atoms with Gasteiger partial charge in [-0.1, -0.05) is 54.6 Å². The fraction of sp³-hybridized carbons (Fsp3) is 0.292. The largest absolute Gasteiger partial charge is 0.480 e. The molecule has 0 spiro atoms. The lowest BCUT2D eigenvalue weighted by molar-refractivity contribution is -0.179. The average Bonchev–Trinajstić information content (AvgIpc) is 3.39. The third-order valence-corrected chi connectivity index (χ3v) is 5.94. The first kappa shape index (κ1) is 21.6. The minimum Gasteiger partial charge on any atom is -0.480 e. The predicted octanol–water partition coefficient (Wildman–Crippen LogP) is 3.04. The highest BCUT2D eigenvalue weighted by atomic mass is 16.7. The lowest BCUT2D eigenvalue weighted by Crippen LogP contribution is -2.42. The first-order chi connectivity index (χ1) is 15.5. The van der Waals surface area contributed by atoms with Crippen LogP contribution in [0.4, 0.5) is 4.79 Å². The van der Waals surface area contributed by atoms with E-state index in [1.807, 2.05) is 48.5 Å². The number of amides is 2. The number of hydrogen-bond acceptors (Lipinski definition) is 5. The molecule has 1 fully saturated rings. The summed E-state index contributed by atoms with van der Waals surface area (Å²) in [5, 5.41) is 10.6. The summed E-state index contributed by atoms with van der Waals surface area (Å²) in [6.07, 6.45) is 1.28. The van der Waals surface area contributed by atoms with Gasteiger partial charge in [0.2, 0.25) is 6.41 Å². The van der Waals surface area contributed by atoms with Crippen molar-refractivity contribution >= 4 is 18.5 Å². The van der Waals surface area contributed by atoms with Crippen molar-refractivity contribution in [2.75, 3.05) is 19.8 Å². The highest BCUT2D eigenvalue weighted by Gasteiger charge is 2.43. The molecule has 2 amide bonds. The standard InChI is InChI=1S/C24H24N2O6/c1-2-11-32-26(15-27)16-12-22(23(28)29)25(13-16)24(30)31-14-21-19-9-5-3-7-17(19)18-8-4-6-10-20(18)21/h2-10,15-16,21-22H,1,11-14H2,(H,28,29)/t16-,22+/m0/s1. The number of carboxylic acids is 1. The van der Waals surface area contributed by atoms with Gasteiger partial charge in [0, 0.05) is 18.9 Å². The van der Waals surface area contributed by atoms with E-state index in [-0.39, 0.29) is 32.1 Å². The molecule has 1 heterocycles. The summed E-state index contributed by atoms with van der Waals surface area (Å²) in [6.45, 7) is 3.71. The van der Waals surface area contributed by atoms with E-state index >= 15 is 0 Å². The van der Waals surface area contributed by atoms with Crippen molar-refractivity contribution in [2.45, 2.75) is 24.4 Å². The van der Waals surface area contributed by atoms with Crippen LogP contribution < -0.4 is 0 Å². The Morgan fingerprint density at radius 1 is 1.12 bits per heavy atom. The maximum Gasteiger partial charge on any atom is 0.410 e. The van der Waals surface area contributed by atoms with Gasteiger partial charge in [-0.3, -0.25) is 14.5 Å². The number of ether oxygens (including phenoxy) is 1. The van der Waals surface area contributed by atoms with E-state index in [4.69, 9.17) is 9.57 Å². The zero-order chi connectivity index (χ0) is 22.7. The number of carbonyl (C=O) groups is 3. The van der Waals surface area contributed by atoms with E-state index in [1.165, 1.54) is 6.08 Å². The third kappa shape index (κ3) is 3.97. The van der Waals surface area contributed by atoms with Crippen LogP contribution in [0.15, 0.2) is 61.2 Å². The number of carboxylic acid groups (broad SMARTS) is 1. The van der Waals surface area contributed by atoms with E-state index in [2.05, 4.69) is 6.58 Å². The Labute approximate surface area is 185 Å². The highest BCUT2D eigenvalue weighted by Crippen LogP contribution is 2.44. The van der Waals surface area contributed by atoms with Crippen molar-refractivity contribution < 1.29 is 29.1 Å². The Hall–Kier alpha value is -3.65. The van der Waals surface area contributed by atoms with Gasteiger partial charge < -0.3 is 9.84 Å². The molecule has 2 atom stereocenters. The van der Waals surface area contributed by atoms with Crippen LogP contribution in [-0.4, -0.2) is 65.4 Å². The van der Waals surface area contributed by atoms with E-state index in [0.717, 1.165) is 32.2 Å². The summed E-state index contributed by atoms with van der Waals surface area (Å²) in [5.74, 6) is -1.29. The summed E-state index contributed by atoms with van der Waals surface area (Å²) in [4.78, 5) is 42.4. The monoisotopic (exact) mass is 436 g/mol. The van der Waals surface area contributed by atoms with Crippen molar-refractivity contribution in [1.82, 2.24) is 9.96 Å². The molecule has 166 valence electrons. The number of hydrogen-bond donors (Lipinski definition) is 1. The van der Waals surface area contributed by atoms with Crippen LogP contribution in [0.5, 0.6) is 0 Å². The SMILES string of the molecule is C=CCON(C=O)[C@H]1C[C@H](C(=O)O)N(C(=O)OCC2c3ccccc3-c3ccccc32)C1. The van der Waals surface area contributed by atoms with Crippen LogP contribution >= 0.6 is 0 Å². The maximum absolute atomic E-state index is 12.9. The Kier molecular flexibility index (Phi) is 6.23. The van der Waals surface area contributed by atoms with E-state index in [0.29, 0.717) is 6.41 Å². The van der Waals surface area contributed by atoms with Gasteiger partial charge >= 0.3 is 12.1 Å². The minimum atomic E-state index is -1.16. The van der Waals surface area contributed by atoms with Gasteiger partial charge in [0.1, 0.15) is 12.6 Å². The summed E-state index contributed by atoms with van der Waals surface area (Å²) in [5.41, 5.74) is 4.35. The first-order valence-corrected chi connectivity index (χ1v) is 10.4. The minimum absolute atomic E-state index is 0.00350. The number of hydroxylamine groups is 2. The molecule has 4 rings (SSSR count). The molecule has 1 aliphatic heterocycles. The van der Waals surface area contributed by atoms with Crippen molar-refractivity contribution in [1.29, 1.82) is 0 Å². The smallest absolute Gasteiger partial charge is 0.410 e. The molecular weight excluding hydrogens is 412 g/mol. The summed E-state index contributed by atoms with van der Waals surface area (Å²) in [6, 6.07) is 14.2. The quantitative estimate of drug-likeness (QED) is 0.388. The van der Waals surface area contributed by atoms with Gasteiger partial charge in [-0.05, 0) is 22.3 Å². The Balaban J connectivity index is 1.48. The molecule has 2 aliphatic rings. The van der Waals surface area contributed by atoms with Gasteiger partial charge in [-0.15, -0.1) is 6.58 Å². The molecule has 8 nitrogen and oxygen atoms in total. The zero-order valence-electron chi connectivity index (χ0n) is 17.4. The second-order valence-electron chi connectivity index (χ2n) is 7.75. The van der Waals surface area contributed by atoms with Crippen LogP contribution in [0.3, 0.4) is 0 Å². The van der Waals surface area contributed by atoms with Crippen molar-refractivity contribution in [3.05, 3.63) is 72.3 Å². The number of benzene rings is 2. The number of nitrogens with zero attached hydrogens (tertiary/aromatic N) is 2. The lowest BCUT2D eigenvalue weighted by atomic mass is 9.98. The second kappa shape index (κ2) is 9.23. The molecule has 0 radical (unpaired) electrons. The maximum atomic E-state index is 12.9. The summed E-state index contributed by atoms with van der Waals surface area (Å²) in [7, 11) is 0. The van der Waals surface area contributed by atoms with Crippen LogP contribution in [0.1, 0.15) is 23.5 Å². The van der Waals surface area contributed by atoms with Gasteiger partial charge in [0.15, 0.2) is 0 Å². The molecule has 0 unspecified atom stereocenters. The van der Waals surface area contributed by atoms with Gasteiger partial charge in [0.25, 0.3) is 0 Å². The van der Waals surface area contributed by atoms with Crippen molar-refractivity contribution in [2.24, 2.45) is 0 Å². The Bertz CT molecular complexity index is 993. The van der Waals surface area contributed by atoms with Crippen LogP contribution in [0.2, 0.25) is 0 Å². The third-order valence-electron chi connectivity index (χ3n) is 5.94. The molecule has 1 saturated heterocycles. The van der Waals surface area contributed by atoms with Crippen LogP contribution in [-0.2, 0) is 19.2 Å². The van der Waals surface area contributed by atoms with Crippen LogP contribution in [0.25, 0.3) is 11.1 Å². The number of aliphatic carboxylic acids is 1. The molecule has 8 heteroatoms. The fourth-order valence-electron chi connectivity index (χ4n) is 4.47. The summed E-state index contributed by atoms with van der Waals surface area (Å²) < 4.78 is 5.61. The number of fused-ring (bicyclic) bond motifs is 3. The normalized spacial score (nSPS) is 19.2. The molecule has 0 saturated carbocycles. The Morgan fingerprint density at radius 3 is 2.31 bits per heavy atom. The molecule has 1 N–H and O–H groups in total. The van der Waals surface area contributed by atoms with Crippen molar-refractivity contribution in [3.8, 4) is 11.1 Å².